The van der Waals surface area contributed by atoms with Crippen LogP contribution in [0.3, 0.4) is 0 Å². The minimum absolute atomic E-state index is 0.226. The molecule has 2 aliphatic rings. The lowest BCUT2D eigenvalue weighted by Gasteiger charge is -2.32. The Morgan fingerprint density at radius 2 is 2.16 bits per heavy atom. The molecule has 0 spiro atoms. The zero-order valence-electron chi connectivity index (χ0n) is 17.9. The third-order valence-corrected chi connectivity index (χ3v) is 5.96. The Labute approximate surface area is 180 Å². The van der Waals surface area contributed by atoms with Crippen LogP contribution in [0.15, 0.2) is 18.6 Å². The van der Waals surface area contributed by atoms with Gasteiger partial charge in [-0.25, -0.2) is 19.9 Å². The van der Waals surface area contributed by atoms with Gasteiger partial charge in [-0.05, 0) is 26.7 Å². The number of ether oxygens (including phenoxy) is 1. The molecule has 0 aromatic carbocycles. The van der Waals surface area contributed by atoms with Gasteiger partial charge in [0.15, 0.2) is 5.65 Å². The Morgan fingerprint density at radius 3 is 3.00 bits per heavy atom. The Hall–Kier alpha value is -3.11. The number of imidazole rings is 1. The number of amides is 1. The molecule has 2 N–H and O–H groups in total. The highest BCUT2D eigenvalue weighted by Gasteiger charge is 2.35. The number of aromatic nitrogens is 5. The number of piperidine rings is 1. The maximum atomic E-state index is 13.0. The number of fused-ring (bicyclic) bond motifs is 3. The van der Waals surface area contributed by atoms with Crippen LogP contribution >= 0.6 is 0 Å². The highest BCUT2D eigenvalue weighted by Crippen LogP contribution is 2.27. The minimum Gasteiger partial charge on any atom is -0.378 e. The molecule has 2 aliphatic heterocycles. The first-order valence-electron chi connectivity index (χ1n) is 10.5. The van der Waals surface area contributed by atoms with E-state index in [1.54, 1.807) is 19.5 Å². The lowest BCUT2D eigenvalue weighted by molar-refractivity contribution is 0.102. The Morgan fingerprint density at radius 1 is 1.29 bits per heavy atom. The van der Waals surface area contributed by atoms with Gasteiger partial charge in [0.25, 0.3) is 5.91 Å². The van der Waals surface area contributed by atoms with Crippen molar-refractivity contribution in [2.45, 2.75) is 45.4 Å². The fourth-order valence-corrected chi connectivity index (χ4v) is 4.49. The summed E-state index contributed by atoms with van der Waals surface area (Å²) in [6.07, 6.45) is 7.42. The van der Waals surface area contributed by atoms with Crippen molar-refractivity contribution >= 4 is 23.3 Å². The molecule has 2 saturated heterocycles. The molecule has 2 fully saturated rings. The molecule has 2 unspecified atom stereocenters. The SMILES string of the molecule is COCc1nc(N2CCC3CC2CN3)ncc1C(=O)Nc1cn2cc(C)nc2c(C)n1. The highest BCUT2D eigenvalue weighted by molar-refractivity contribution is 6.04. The van der Waals surface area contributed by atoms with Gasteiger partial charge < -0.3 is 24.7 Å². The van der Waals surface area contributed by atoms with Gasteiger partial charge in [0, 0.05) is 44.7 Å². The van der Waals surface area contributed by atoms with Gasteiger partial charge in [-0.1, -0.05) is 0 Å². The van der Waals surface area contributed by atoms with E-state index in [0.29, 0.717) is 35.1 Å². The quantitative estimate of drug-likeness (QED) is 0.636. The topological polar surface area (TPSA) is 110 Å². The summed E-state index contributed by atoms with van der Waals surface area (Å²) in [6.45, 7) is 5.87. The third kappa shape index (κ3) is 3.72. The summed E-state index contributed by atoms with van der Waals surface area (Å²) in [4.78, 5) is 33.4. The van der Waals surface area contributed by atoms with Crippen LogP contribution in [-0.4, -0.2) is 62.5 Å². The molecule has 2 atom stereocenters. The second-order valence-electron chi connectivity index (χ2n) is 8.22. The summed E-state index contributed by atoms with van der Waals surface area (Å²) in [5.74, 6) is 0.780. The van der Waals surface area contributed by atoms with Crippen LogP contribution in [0.4, 0.5) is 11.8 Å². The molecule has 10 heteroatoms. The zero-order valence-corrected chi connectivity index (χ0v) is 17.9. The average Bonchev–Trinajstić information content (AvgIpc) is 3.30. The van der Waals surface area contributed by atoms with Crippen molar-refractivity contribution in [3.05, 3.63) is 41.2 Å². The number of carbonyl (C=O) groups is 1. The predicted molar refractivity (Wildman–Crippen MR) is 115 cm³/mol. The monoisotopic (exact) mass is 422 g/mol. The van der Waals surface area contributed by atoms with Gasteiger partial charge in [-0.15, -0.1) is 0 Å². The molecule has 0 saturated carbocycles. The third-order valence-electron chi connectivity index (χ3n) is 5.96. The van der Waals surface area contributed by atoms with Gasteiger partial charge in [-0.2, -0.15) is 0 Å². The zero-order chi connectivity index (χ0) is 21.5. The van der Waals surface area contributed by atoms with Crippen molar-refractivity contribution in [2.24, 2.45) is 0 Å². The van der Waals surface area contributed by atoms with Crippen molar-refractivity contribution in [1.82, 2.24) is 29.7 Å². The molecule has 0 aliphatic carbocycles. The molecule has 31 heavy (non-hydrogen) atoms. The molecule has 1 amide bonds. The van der Waals surface area contributed by atoms with Gasteiger partial charge in [0.2, 0.25) is 5.95 Å². The van der Waals surface area contributed by atoms with Crippen LogP contribution in [0, 0.1) is 13.8 Å². The normalized spacial score (nSPS) is 20.4. The maximum Gasteiger partial charge on any atom is 0.260 e. The number of nitrogens with zero attached hydrogens (tertiary/aromatic N) is 6. The lowest BCUT2D eigenvalue weighted by Crippen LogP contribution is -2.41. The van der Waals surface area contributed by atoms with Crippen molar-refractivity contribution < 1.29 is 9.53 Å². The van der Waals surface area contributed by atoms with Crippen molar-refractivity contribution in [1.29, 1.82) is 0 Å². The molecule has 5 heterocycles. The molecule has 2 bridgehead atoms. The highest BCUT2D eigenvalue weighted by atomic mass is 16.5. The number of hydrogen-bond donors (Lipinski definition) is 2. The van der Waals surface area contributed by atoms with E-state index in [2.05, 4.69) is 30.5 Å². The van der Waals surface area contributed by atoms with E-state index in [1.165, 1.54) is 0 Å². The summed E-state index contributed by atoms with van der Waals surface area (Å²) in [7, 11) is 1.59. The van der Waals surface area contributed by atoms with Gasteiger partial charge in [-0.3, -0.25) is 4.79 Å². The van der Waals surface area contributed by atoms with Gasteiger partial charge in [0.1, 0.15) is 5.82 Å². The molecule has 5 rings (SSSR count). The van der Waals surface area contributed by atoms with Gasteiger partial charge in [0.05, 0.1) is 35.4 Å². The Bertz CT molecular complexity index is 1140. The van der Waals surface area contributed by atoms with Crippen LogP contribution in [0.25, 0.3) is 5.65 Å². The van der Waals surface area contributed by atoms with E-state index >= 15 is 0 Å². The summed E-state index contributed by atoms with van der Waals surface area (Å²) in [5, 5.41) is 6.40. The predicted octanol–water partition coefficient (Wildman–Crippen LogP) is 1.48. The number of aryl methyl sites for hydroxylation is 2. The number of rotatable bonds is 5. The first kappa shape index (κ1) is 19.8. The molecule has 10 nitrogen and oxygen atoms in total. The first-order valence-corrected chi connectivity index (χ1v) is 10.5. The maximum absolute atomic E-state index is 13.0. The average molecular weight is 422 g/mol. The van der Waals surface area contributed by atoms with Crippen LogP contribution in [0.5, 0.6) is 0 Å². The number of nitrogens with one attached hydrogen (secondary N) is 2. The van der Waals surface area contributed by atoms with E-state index in [9.17, 15) is 4.79 Å². The Kier molecular flexibility index (Phi) is 5.03. The molecule has 3 aromatic rings. The van der Waals surface area contributed by atoms with E-state index in [0.717, 1.165) is 43.0 Å². The van der Waals surface area contributed by atoms with Crippen molar-refractivity contribution in [3.63, 3.8) is 0 Å². The minimum atomic E-state index is -0.317. The van der Waals surface area contributed by atoms with E-state index in [-0.39, 0.29) is 12.5 Å². The van der Waals surface area contributed by atoms with Gasteiger partial charge >= 0.3 is 0 Å². The largest absolute Gasteiger partial charge is 0.378 e. The van der Waals surface area contributed by atoms with Crippen LogP contribution < -0.4 is 15.5 Å². The lowest BCUT2D eigenvalue weighted by atomic mass is 10.0. The number of carbonyl (C=O) groups excluding carboxylic acids is 1. The summed E-state index contributed by atoms with van der Waals surface area (Å²) in [6, 6.07) is 0.990. The van der Waals surface area contributed by atoms with E-state index in [4.69, 9.17) is 9.72 Å². The van der Waals surface area contributed by atoms with E-state index in [1.807, 2.05) is 24.4 Å². The fourth-order valence-electron chi connectivity index (χ4n) is 4.49. The first-order chi connectivity index (χ1) is 15.0. The number of methoxy groups -OCH3 is 1. The smallest absolute Gasteiger partial charge is 0.260 e. The number of anilines is 2. The Balaban J connectivity index is 1.41. The van der Waals surface area contributed by atoms with Crippen LogP contribution in [0.2, 0.25) is 0 Å². The van der Waals surface area contributed by atoms with Crippen LogP contribution in [0.1, 0.15) is 40.3 Å². The van der Waals surface area contributed by atoms with E-state index < -0.39 is 0 Å². The molecular formula is C21H26N8O2. The van der Waals surface area contributed by atoms with Crippen molar-refractivity contribution in [2.75, 3.05) is 30.4 Å². The van der Waals surface area contributed by atoms with Crippen molar-refractivity contribution in [3.8, 4) is 0 Å². The summed E-state index contributed by atoms with van der Waals surface area (Å²) in [5.41, 5.74) is 3.35. The van der Waals surface area contributed by atoms with Crippen LogP contribution in [-0.2, 0) is 11.3 Å². The number of hydrogen-bond acceptors (Lipinski definition) is 8. The summed E-state index contributed by atoms with van der Waals surface area (Å²) >= 11 is 0. The molecule has 162 valence electrons. The standard InChI is InChI=1S/C21H26N8O2/c1-12-9-28-10-18(25-13(2)19(28)24-12)27-20(30)16-8-23-21(26-17(16)11-31-3)29-5-4-14-6-15(29)7-22-14/h8-10,14-15,22H,4-7,11H2,1-3H3,(H,27,30). The molecule has 3 aromatic heterocycles. The second-order valence-corrected chi connectivity index (χ2v) is 8.22. The second kappa shape index (κ2) is 7.86. The molecule has 0 radical (unpaired) electrons. The molecular weight excluding hydrogens is 396 g/mol. The fraction of sp³-hybridized carbons (Fsp3) is 0.476. The summed E-state index contributed by atoms with van der Waals surface area (Å²) < 4.78 is 7.19.